The maximum Gasteiger partial charge on any atom is 0.288 e. The first-order chi connectivity index (χ1) is 7.36. The molecule has 0 aromatic carbocycles. The van der Waals surface area contributed by atoms with Crippen molar-refractivity contribution in [3.05, 3.63) is 12.2 Å². The molecule has 2 heterocycles. The molecule has 1 amide bonds. The van der Waals surface area contributed by atoms with Gasteiger partial charge in [0.25, 0.3) is 5.91 Å². The fourth-order valence-electron chi connectivity index (χ4n) is 1.60. The minimum absolute atomic E-state index is 0.210. The number of nitrogens with one attached hydrogen (secondary N) is 2. The van der Waals surface area contributed by atoms with E-state index in [1.165, 1.54) is 6.33 Å². The summed E-state index contributed by atoms with van der Waals surface area (Å²) in [6, 6.07) is 0. The molecule has 1 atom stereocenters. The highest BCUT2D eigenvalue weighted by Crippen LogP contribution is 2.12. The van der Waals surface area contributed by atoms with Crippen LogP contribution in [0.15, 0.2) is 6.33 Å². The molecule has 1 aliphatic heterocycles. The maximum absolute atomic E-state index is 11.5. The number of aromatic amines is 1. The van der Waals surface area contributed by atoms with Crippen LogP contribution in [-0.4, -0.2) is 40.8 Å². The Kier molecular flexibility index (Phi) is 3.29. The highest BCUT2D eigenvalue weighted by Gasteiger charge is 2.16. The number of carbonyl (C=O) groups is 1. The molecule has 1 saturated heterocycles. The van der Waals surface area contributed by atoms with Gasteiger partial charge in [0.2, 0.25) is 5.82 Å². The average Bonchev–Trinajstić information content (AvgIpc) is 2.81. The van der Waals surface area contributed by atoms with Crippen molar-refractivity contribution in [2.24, 2.45) is 5.92 Å². The number of nitrogens with zero attached hydrogens (tertiary/aromatic N) is 2. The van der Waals surface area contributed by atoms with Crippen LogP contribution in [-0.2, 0) is 4.74 Å². The summed E-state index contributed by atoms with van der Waals surface area (Å²) < 4.78 is 5.32. The summed E-state index contributed by atoms with van der Waals surface area (Å²) in [4.78, 5) is 15.2. The predicted octanol–water partition coefficient (Wildman–Crippen LogP) is -0.0389. The standard InChI is InChI=1S/C9H14N4O2/c14-9(8-11-6-12-13-8)10-4-7-2-1-3-15-5-7/h6-7H,1-5H2,(H,10,14)(H,11,12,13). The molecule has 1 fully saturated rings. The molecular weight excluding hydrogens is 196 g/mol. The summed E-state index contributed by atoms with van der Waals surface area (Å²) in [5.41, 5.74) is 0. The van der Waals surface area contributed by atoms with Gasteiger partial charge in [-0.3, -0.25) is 9.89 Å². The Labute approximate surface area is 87.4 Å². The highest BCUT2D eigenvalue weighted by atomic mass is 16.5. The molecule has 1 aromatic heterocycles. The quantitative estimate of drug-likeness (QED) is 0.733. The Morgan fingerprint density at radius 1 is 1.73 bits per heavy atom. The zero-order valence-corrected chi connectivity index (χ0v) is 8.40. The molecule has 0 aliphatic carbocycles. The van der Waals surface area contributed by atoms with Crippen LogP contribution in [0.1, 0.15) is 23.5 Å². The van der Waals surface area contributed by atoms with Gasteiger partial charge in [0.1, 0.15) is 6.33 Å². The summed E-state index contributed by atoms with van der Waals surface area (Å²) in [7, 11) is 0. The van der Waals surface area contributed by atoms with Crippen LogP contribution in [0.5, 0.6) is 0 Å². The summed E-state index contributed by atoms with van der Waals surface area (Å²) in [6.07, 6.45) is 3.50. The summed E-state index contributed by atoms with van der Waals surface area (Å²) in [5, 5.41) is 8.94. The molecule has 1 unspecified atom stereocenters. The van der Waals surface area contributed by atoms with Gasteiger partial charge in [-0.25, -0.2) is 4.98 Å². The minimum atomic E-state index is -0.210. The molecule has 0 saturated carbocycles. The van der Waals surface area contributed by atoms with Crippen molar-refractivity contribution < 1.29 is 9.53 Å². The summed E-state index contributed by atoms with van der Waals surface area (Å²) >= 11 is 0. The number of H-pyrrole nitrogens is 1. The molecule has 1 aromatic rings. The van der Waals surface area contributed by atoms with Gasteiger partial charge in [-0.1, -0.05) is 0 Å². The normalized spacial score (nSPS) is 21.2. The third-order valence-electron chi connectivity index (χ3n) is 2.44. The first kappa shape index (κ1) is 10.1. The van der Waals surface area contributed by atoms with Gasteiger partial charge in [0.15, 0.2) is 0 Å². The van der Waals surface area contributed by atoms with Crippen LogP contribution in [0, 0.1) is 5.92 Å². The van der Waals surface area contributed by atoms with Crippen molar-refractivity contribution in [3.63, 3.8) is 0 Å². The van der Waals surface area contributed by atoms with Crippen molar-refractivity contribution in [1.29, 1.82) is 0 Å². The van der Waals surface area contributed by atoms with Crippen molar-refractivity contribution in [2.75, 3.05) is 19.8 Å². The van der Waals surface area contributed by atoms with E-state index in [1.54, 1.807) is 0 Å². The van der Waals surface area contributed by atoms with Crippen molar-refractivity contribution >= 4 is 5.91 Å². The van der Waals surface area contributed by atoms with Gasteiger partial charge in [0.05, 0.1) is 6.61 Å². The zero-order chi connectivity index (χ0) is 10.5. The Bertz CT molecular complexity index is 306. The number of amides is 1. The van der Waals surface area contributed by atoms with Gasteiger partial charge in [0, 0.05) is 13.2 Å². The lowest BCUT2D eigenvalue weighted by molar-refractivity contribution is 0.0535. The molecule has 0 spiro atoms. The largest absolute Gasteiger partial charge is 0.381 e. The lowest BCUT2D eigenvalue weighted by Crippen LogP contribution is -2.33. The first-order valence-corrected chi connectivity index (χ1v) is 5.07. The number of aromatic nitrogens is 3. The number of carbonyl (C=O) groups excluding carboxylic acids is 1. The SMILES string of the molecule is O=C(NCC1CCCOC1)c1ncn[nH]1. The second-order valence-electron chi connectivity index (χ2n) is 3.63. The third kappa shape index (κ3) is 2.76. The topological polar surface area (TPSA) is 79.9 Å². The second-order valence-corrected chi connectivity index (χ2v) is 3.63. The Morgan fingerprint density at radius 2 is 2.67 bits per heavy atom. The summed E-state index contributed by atoms with van der Waals surface area (Å²) in [5.74, 6) is 0.468. The monoisotopic (exact) mass is 210 g/mol. The molecule has 82 valence electrons. The van der Waals surface area contributed by atoms with Crippen LogP contribution in [0.25, 0.3) is 0 Å². The van der Waals surface area contributed by atoms with E-state index in [9.17, 15) is 4.79 Å². The third-order valence-corrected chi connectivity index (χ3v) is 2.44. The number of rotatable bonds is 3. The Morgan fingerprint density at radius 3 is 3.33 bits per heavy atom. The predicted molar refractivity (Wildman–Crippen MR) is 52.3 cm³/mol. The molecule has 6 heteroatoms. The molecule has 6 nitrogen and oxygen atoms in total. The molecule has 0 bridgehead atoms. The first-order valence-electron chi connectivity index (χ1n) is 5.07. The maximum atomic E-state index is 11.5. The molecule has 2 rings (SSSR count). The van der Waals surface area contributed by atoms with E-state index in [0.29, 0.717) is 12.5 Å². The van der Waals surface area contributed by atoms with Crippen LogP contribution in [0.3, 0.4) is 0 Å². The molecular formula is C9H14N4O2. The minimum Gasteiger partial charge on any atom is -0.381 e. The zero-order valence-electron chi connectivity index (χ0n) is 8.40. The fraction of sp³-hybridized carbons (Fsp3) is 0.667. The van der Waals surface area contributed by atoms with Gasteiger partial charge in [-0.15, -0.1) is 0 Å². The van der Waals surface area contributed by atoms with E-state index in [4.69, 9.17) is 4.74 Å². The highest BCUT2D eigenvalue weighted by molar-refractivity contribution is 5.90. The second kappa shape index (κ2) is 4.88. The van der Waals surface area contributed by atoms with E-state index in [1.807, 2.05) is 0 Å². The van der Waals surface area contributed by atoms with Crippen molar-refractivity contribution in [1.82, 2.24) is 20.5 Å². The fourth-order valence-corrected chi connectivity index (χ4v) is 1.60. The van der Waals surface area contributed by atoms with Crippen LogP contribution >= 0.6 is 0 Å². The van der Waals surface area contributed by atoms with Crippen molar-refractivity contribution in [3.8, 4) is 0 Å². The average molecular weight is 210 g/mol. The van der Waals surface area contributed by atoms with Gasteiger partial charge in [-0.05, 0) is 18.8 Å². The molecule has 2 N–H and O–H groups in total. The van der Waals surface area contributed by atoms with Gasteiger partial charge in [-0.2, -0.15) is 5.10 Å². The van der Waals surface area contributed by atoms with E-state index >= 15 is 0 Å². The lowest BCUT2D eigenvalue weighted by atomic mass is 10.0. The van der Waals surface area contributed by atoms with E-state index in [2.05, 4.69) is 20.5 Å². The lowest BCUT2D eigenvalue weighted by Gasteiger charge is -2.21. The smallest absolute Gasteiger partial charge is 0.288 e. The van der Waals surface area contributed by atoms with Gasteiger partial charge < -0.3 is 10.1 Å². The van der Waals surface area contributed by atoms with E-state index in [0.717, 1.165) is 26.1 Å². The van der Waals surface area contributed by atoms with E-state index < -0.39 is 0 Å². The van der Waals surface area contributed by atoms with Gasteiger partial charge >= 0.3 is 0 Å². The van der Waals surface area contributed by atoms with Crippen LogP contribution < -0.4 is 5.32 Å². The Hall–Kier alpha value is -1.43. The molecule has 0 radical (unpaired) electrons. The van der Waals surface area contributed by atoms with E-state index in [-0.39, 0.29) is 11.7 Å². The molecule has 1 aliphatic rings. The van der Waals surface area contributed by atoms with Crippen LogP contribution in [0.2, 0.25) is 0 Å². The van der Waals surface area contributed by atoms with Crippen LogP contribution in [0.4, 0.5) is 0 Å². The summed E-state index contributed by atoms with van der Waals surface area (Å²) in [6.45, 7) is 2.21. The Balaban J connectivity index is 1.75. The number of ether oxygens (including phenoxy) is 1. The molecule has 15 heavy (non-hydrogen) atoms. The number of hydrogen-bond acceptors (Lipinski definition) is 4. The van der Waals surface area contributed by atoms with Crippen molar-refractivity contribution in [2.45, 2.75) is 12.8 Å². The number of hydrogen-bond donors (Lipinski definition) is 2.